The van der Waals surface area contributed by atoms with Crippen LogP contribution in [0.4, 0.5) is 0 Å². The largest absolute Gasteiger partial charge is 0.466 e. The van der Waals surface area contributed by atoms with E-state index in [0.29, 0.717) is 33.2 Å². The van der Waals surface area contributed by atoms with Crippen molar-refractivity contribution in [2.24, 2.45) is 0 Å². The first-order chi connectivity index (χ1) is 13.1. The maximum absolute atomic E-state index is 12.9. The highest BCUT2D eigenvalue weighted by Crippen LogP contribution is 2.20. The summed E-state index contributed by atoms with van der Waals surface area (Å²) in [5, 5.41) is 5.32. The van der Waals surface area contributed by atoms with Crippen molar-refractivity contribution < 1.29 is 9.53 Å². The van der Waals surface area contributed by atoms with Gasteiger partial charge in [0.15, 0.2) is 0 Å². The monoisotopic (exact) mass is 382 g/mol. The fourth-order valence-corrected chi connectivity index (χ4v) is 3.14. The summed E-state index contributed by atoms with van der Waals surface area (Å²) in [5.41, 5.74) is 0.897. The van der Waals surface area contributed by atoms with Crippen LogP contribution in [-0.2, 0) is 16.0 Å². The summed E-state index contributed by atoms with van der Waals surface area (Å²) in [6.45, 7) is 1.99. The maximum atomic E-state index is 12.9. The van der Waals surface area contributed by atoms with Crippen LogP contribution in [0.3, 0.4) is 0 Å². The van der Waals surface area contributed by atoms with Crippen molar-refractivity contribution in [2.75, 3.05) is 6.61 Å². The van der Waals surface area contributed by atoms with Crippen molar-refractivity contribution >= 4 is 34.3 Å². The highest BCUT2D eigenvalue weighted by atomic mass is 35.5. The van der Waals surface area contributed by atoms with E-state index in [1.54, 1.807) is 47.9 Å². The Hall–Kier alpha value is -3.19. The van der Waals surface area contributed by atoms with E-state index >= 15 is 0 Å². The summed E-state index contributed by atoms with van der Waals surface area (Å²) >= 11 is 6.13. The maximum Gasteiger partial charge on any atom is 0.313 e. The van der Waals surface area contributed by atoms with Gasteiger partial charge in [-0.3, -0.25) is 14.2 Å². The second kappa shape index (κ2) is 6.85. The Morgan fingerprint density at radius 1 is 1.19 bits per heavy atom. The van der Waals surface area contributed by atoms with Gasteiger partial charge in [0.05, 0.1) is 23.2 Å². The quantitative estimate of drug-likeness (QED) is 0.507. The number of hydrogen-bond acceptors (Lipinski definition) is 5. The second-order valence-corrected chi connectivity index (χ2v) is 6.30. The molecule has 136 valence electrons. The standard InChI is InChI=1S/C19H15ClN4O3/c1-2-27-17(25)11-16-22-24-18(26)14-8-3-4-9-15(14)21-19(24)23(16)13-7-5-6-12(20)10-13/h3-10H,2,11H2,1H3. The number of aromatic nitrogens is 4. The summed E-state index contributed by atoms with van der Waals surface area (Å²) in [5.74, 6) is 0.213. The molecule has 0 spiro atoms. The van der Waals surface area contributed by atoms with Crippen LogP contribution < -0.4 is 5.56 Å². The van der Waals surface area contributed by atoms with E-state index in [-0.39, 0.29) is 18.6 Å². The highest BCUT2D eigenvalue weighted by Gasteiger charge is 2.20. The van der Waals surface area contributed by atoms with Crippen molar-refractivity contribution in [3.05, 3.63) is 69.7 Å². The minimum Gasteiger partial charge on any atom is -0.466 e. The number of carbonyl (C=O) groups is 1. The Labute approximate surface area is 158 Å². The molecule has 0 aliphatic rings. The lowest BCUT2D eigenvalue weighted by Crippen LogP contribution is -2.16. The van der Waals surface area contributed by atoms with Gasteiger partial charge in [0.25, 0.3) is 5.56 Å². The van der Waals surface area contributed by atoms with E-state index in [2.05, 4.69) is 10.1 Å². The molecule has 0 fully saturated rings. The van der Waals surface area contributed by atoms with Crippen LogP contribution in [0, 0.1) is 0 Å². The Morgan fingerprint density at radius 3 is 2.78 bits per heavy atom. The van der Waals surface area contributed by atoms with Gasteiger partial charge in [-0.15, -0.1) is 5.10 Å². The van der Waals surface area contributed by atoms with Gasteiger partial charge in [-0.2, -0.15) is 4.52 Å². The molecule has 4 aromatic rings. The van der Waals surface area contributed by atoms with Crippen LogP contribution in [0.25, 0.3) is 22.4 Å². The van der Waals surface area contributed by atoms with E-state index in [1.165, 1.54) is 4.52 Å². The number of ether oxygens (including phenoxy) is 1. The molecule has 0 N–H and O–H groups in total. The third kappa shape index (κ3) is 3.06. The van der Waals surface area contributed by atoms with Gasteiger partial charge >= 0.3 is 5.97 Å². The second-order valence-electron chi connectivity index (χ2n) is 5.86. The topological polar surface area (TPSA) is 78.5 Å². The number of halogens is 1. The number of hydrogen-bond donors (Lipinski definition) is 0. The molecule has 0 unspecified atom stereocenters. The average Bonchev–Trinajstić information content (AvgIpc) is 3.00. The minimum absolute atomic E-state index is 0.0977. The van der Waals surface area contributed by atoms with Crippen LogP contribution in [0.15, 0.2) is 53.3 Å². The summed E-state index contributed by atoms with van der Waals surface area (Å²) in [7, 11) is 0. The SMILES string of the molecule is CCOC(=O)Cc1nn2c(=O)c3ccccc3nc2n1-c1cccc(Cl)c1. The Bertz CT molecular complexity index is 1230. The van der Waals surface area contributed by atoms with Crippen LogP contribution in [0.1, 0.15) is 12.7 Å². The molecule has 0 aliphatic heterocycles. The summed E-state index contributed by atoms with van der Waals surface area (Å²) in [6.07, 6.45) is -0.0977. The first-order valence-corrected chi connectivity index (χ1v) is 8.77. The van der Waals surface area contributed by atoms with E-state index in [4.69, 9.17) is 16.3 Å². The van der Waals surface area contributed by atoms with Gasteiger partial charge in [0.2, 0.25) is 5.78 Å². The predicted octanol–water partition coefficient (Wildman–Crippen LogP) is 2.79. The zero-order valence-corrected chi connectivity index (χ0v) is 15.2. The molecule has 0 atom stereocenters. The number of carbonyl (C=O) groups excluding carboxylic acids is 1. The molecular formula is C19H15ClN4O3. The molecule has 7 nitrogen and oxygen atoms in total. The number of esters is 1. The number of fused-ring (bicyclic) bond motifs is 2. The lowest BCUT2D eigenvalue weighted by Gasteiger charge is -2.08. The highest BCUT2D eigenvalue weighted by molar-refractivity contribution is 6.30. The number of para-hydroxylation sites is 1. The van der Waals surface area contributed by atoms with Crippen LogP contribution >= 0.6 is 11.6 Å². The lowest BCUT2D eigenvalue weighted by atomic mass is 10.2. The van der Waals surface area contributed by atoms with Crippen LogP contribution in [0.2, 0.25) is 5.02 Å². The molecule has 27 heavy (non-hydrogen) atoms. The molecule has 8 heteroatoms. The van der Waals surface area contributed by atoms with Crippen molar-refractivity contribution in [3.8, 4) is 5.69 Å². The first-order valence-electron chi connectivity index (χ1n) is 8.39. The molecule has 2 heterocycles. The Morgan fingerprint density at radius 2 is 2.00 bits per heavy atom. The van der Waals surface area contributed by atoms with Gasteiger partial charge in [-0.05, 0) is 37.3 Å². The zero-order chi connectivity index (χ0) is 19.0. The molecule has 0 aliphatic carbocycles. The van der Waals surface area contributed by atoms with Gasteiger partial charge in [-0.25, -0.2) is 4.98 Å². The third-order valence-electron chi connectivity index (χ3n) is 4.08. The van der Waals surface area contributed by atoms with Crippen LogP contribution in [-0.4, -0.2) is 31.7 Å². The molecule has 0 radical (unpaired) electrons. The van der Waals surface area contributed by atoms with E-state index in [9.17, 15) is 9.59 Å². The third-order valence-corrected chi connectivity index (χ3v) is 4.32. The molecule has 0 saturated heterocycles. The van der Waals surface area contributed by atoms with E-state index in [1.807, 2.05) is 12.1 Å². The summed E-state index contributed by atoms with van der Waals surface area (Å²) in [6, 6.07) is 14.1. The molecule has 2 aromatic heterocycles. The zero-order valence-electron chi connectivity index (χ0n) is 14.4. The minimum atomic E-state index is -0.436. The van der Waals surface area contributed by atoms with Gasteiger partial charge in [-0.1, -0.05) is 29.8 Å². The number of nitrogens with zero attached hydrogens (tertiary/aromatic N) is 4. The fourth-order valence-electron chi connectivity index (χ4n) is 2.96. The van der Waals surface area contributed by atoms with Gasteiger partial charge in [0, 0.05) is 5.02 Å². The van der Waals surface area contributed by atoms with Gasteiger partial charge in [0.1, 0.15) is 12.2 Å². The van der Waals surface area contributed by atoms with E-state index < -0.39 is 5.97 Å². The van der Waals surface area contributed by atoms with E-state index in [0.717, 1.165) is 0 Å². The van der Waals surface area contributed by atoms with Crippen molar-refractivity contribution in [2.45, 2.75) is 13.3 Å². The average molecular weight is 383 g/mol. The molecule has 0 saturated carbocycles. The smallest absolute Gasteiger partial charge is 0.313 e. The molecule has 4 rings (SSSR count). The Balaban J connectivity index is 2.04. The van der Waals surface area contributed by atoms with Crippen LogP contribution in [0.5, 0.6) is 0 Å². The summed E-state index contributed by atoms with van der Waals surface area (Å²) in [4.78, 5) is 29.5. The normalized spacial score (nSPS) is 11.2. The fraction of sp³-hybridized carbons (Fsp3) is 0.158. The predicted molar refractivity (Wildman–Crippen MR) is 101 cm³/mol. The van der Waals surface area contributed by atoms with Crippen molar-refractivity contribution in [1.29, 1.82) is 0 Å². The molecule has 0 amide bonds. The van der Waals surface area contributed by atoms with Crippen molar-refractivity contribution in [1.82, 2.24) is 19.2 Å². The molecular weight excluding hydrogens is 368 g/mol. The molecule has 2 aromatic carbocycles. The van der Waals surface area contributed by atoms with Crippen molar-refractivity contribution in [3.63, 3.8) is 0 Å². The number of rotatable bonds is 4. The Kier molecular flexibility index (Phi) is 4.37. The lowest BCUT2D eigenvalue weighted by molar-refractivity contribution is -0.142. The van der Waals surface area contributed by atoms with Gasteiger partial charge < -0.3 is 4.74 Å². The molecule has 0 bridgehead atoms. The summed E-state index contributed by atoms with van der Waals surface area (Å²) < 4.78 is 7.89. The number of benzene rings is 2. The first kappa shape index (κ1) is 17.2.